The van der Waals surface area contributed by atoms with E-state index in [0.29, 0.717) is 0 Å². The molecule has 1 aromatic rings. The minimum atomic E-state index is -0.363. The number of halogens is 5. The summed E-state index contributed by atoms with van der Waals surface area (Å²) in [6.45, 7) is 0. The van der Waals surface area contributed by atoms with Gasteiger partial charge in [-0.1, -0.05) is 58.0 Å². The molecule has 0 atom stereocenters. The van der Waals surface area contributed by atoms with Crippen LogP contribution >= 0.6 is 58.0 Å². The van der Waals surface area contributed by atoms with Gasteiger partial charge in [-0.3, -0.25) is 0 Å². The van der Waals surface area contributed by atoms with Gasteiger partial charge in [0, 0.05) is 17.1 Å². The van der Waals surface area contributed by atoms with E-state index in [-0.39, 0.29) is 47.9 Å². The summed E-state index contributed by atoms with van der Waals surface area (Å²) in [6.07, 6.45) is 0. The molecule has 0 aliphatic carbocycles. The van der Waals surface area contributed by atoms with Crippen LogP contribution in [0.5, 0.6) is 5.75 Å². The van der Waals surface area contributed by atoms with Crippen molar-refractivity contribution in [3.63, 3.8) is 0 Å². The molecule has 0 aromatic heterocycles. The van der Waals surface area contributed by atoms with Gasteiger partial charge in [-0.2, -0.15) is 0 Å². The monoisotopic (exact) mass is 320 g/mol. The minimum absolute atomic E-state index is 0. The second-order valence-corrected chi connectivity index (χ2v) is 3.81. The maximum atomic E-state index is 9.20. The van der Waals surface area contributed by atoms with Crippen molar-refractivity contribution < 1.29 is 22.2 Å². The van der Waals surface area contributed by atoms with Crippen molar-refractivity contribution in [1.29, 1.82) is 0 Å². The zero-order chi connectivity index (χ0) is 9.46. The zero-order valence-electron chi connectivity index (χ0n) is 5.69. The Morgan fingerprint density at radius 1 is 0.615 bits per heavy atom. The Morgan fingerprint density at radius 2 is 0.846 bits per heavy atom. The second kappa shape index (κ2) is 5.18. The molecule has 0 aliphatic rings. The topological polar surface area (TPSA) is 20.2 Å². The Balaban J connectivity index is 0.00000144. The van der Waals surface area contributed by atoms with Crippen molar-refractivity contribution in [2.75, 3.05) is 0 Å². The number of phenolic OH excluding ortho intramolecular Hbond substituents is 1. The fourth-order valence-corrected chi connectivity index (χ4v) is 1.72. The van der Waals surface area contributed by atoms with Crippen LogP contribution in [0.15, 0.2) is 0 Å². The number of benzene rings is 1. The van der Waals surface area contributed by atoms with Crippen LogP contribution in [-0.2, 0) is 17.1 Å². The first-order valence-electron chi connectivity index (χ1n) is 2.67. The Kier molecular flexibility index (Phi) is 5.57. The fraction of sp³-hybridized carbons (Fsp3) is 0. The number of rotatable bonds is 0. The SMILES string of the molecule is Oc1c(Cl)c(Cl)c(Cl)c(Cl)c1Cl.[Fe]. The van der Waals surface area contributed by atoms with Gasteiger partial charge in [-0.25, -0.2) is 0 Å². The molecule has 13 heavy (non-hydrogen) atoms. The average molecular weight is 322 g/mol. The van der Waals surface area contributed by atoms with Gasteiger partial charge in [0.1, 0.15) is 10.0 Å². The standard InChI is InChI=1S/C6HCl5O.Fe/c7-1-2(8)4(10)6(12)5(11)3(1)9;/h12H;. The molecule has 0 amide bonds. The Morgan fingerprint density at radius 3 is 1.15 bits per heavy atom. The minimum Gasteiger partial charge on any atom is -0.505 e. The molecule has 7 heteroatoms. The number of hydrogen-bond donors (Lipinski definition) is 1. The first-order chi connectivity index (χ1) is 5.46. The summed E-state index contributed by atoms with van der Waals surface area (Å²) >= 11 is 27.9. The van der Waals surface area contributed by atoms with Crippen LogP contribution in [0, 0.1) is 0 Å². The van der Waals surface area contributed by atoms with Crippen LogP contribution in [0.3, 0.4) is 0 Å². The van der Waals surface area contributed by atoms with E-state index in [9.17, 15) is 5.11 Å². The third-order valence-electron chi connectivity index (χ3n) is 1.19. The van der Waals surface area contributed by atoms with E-state index in [1.54, 1.807) is 0 Å². The summed E-state index contributed by atoms with van der Waals surface area (Å²) in [7, 11) is 0. The summed E-state index contributed by atoms with van der Waals surface area (Å²) in [4.78, 5) is 0. The first kappa shape index (κ1) is 14.0. The Labute approximate surface area is 110 Å². The van der Waals surface area contributed by atoms with Gasteiger partial charge in [0.25, 0.3) is 0 Å². The van der Waals surface area contributed by atoms with Gasteiger partial charge in [-0.05, 0) is 0 Å². The molecule has 0 saturated heterocycles. The van der Waals surface area contributed by atoms with Crippen molar-refractivity contribution in [3.8, 4) is 5.75 Å². The van der Waals surface area contributed by atoms with Crippen molar-refractivity contribution >= 4 is 58.0 Å². The molecule has 1 nitrogen and oxygen atoms in total. The number of phenols is 1. The van der Waals surface area contributed by atoms with Crippen LogP contribution in [0.25, 0.3) is 0 Å². The summed E-state index contributed by atoms with van der Waals surface area (Å²) in [5, 5.41) is 9.01. The summed E-state index contributed by atoms with van der Waals surface area (Å²) < 4.78 is 0. The van der Waals surface area contributed by atoms with E-state index < -0.39 is 0 Å². The van der Waals surface area contributed by atoms with Crippen LogP contribution in [0.1, 0.15) is 0 Å². The number of hydrogen-bond acceptors (Lipinski definition) is 1. The Hall–Kier alpha value is 0.989. The fourth-order valence-electron chi connectivity index (χ4n) is 0.593. The third kappa shape index (κ3) is 2.51. The predicted molar refractivity (Wildman–Crippen MR) is 53.2 cm³/mol. The molecular formula is C6HCl5FeO. The van der Waals surface area contributed by atoms with Gasteiger partial charge >= 0.3 is 0 Å². The van der Waals surface area contributed by atoms with E-state index in [1.807, 2.05) is 0 Å². The van der Waals surface area contributed by atoms with Crippen molar-refractivity contribution in [3.05, 3.63) is 25.1 Å². The molecule has 0 unspecified atom stereocenters. The molecule has 74 valence electrons. The average Bonchev–Trinajstić information content (AvgIpc) is 2.08. The predicted octanol–water partition coefficient (Wildman–Crippen LogP) is 4.66. The maximum Gasteiger partial charge on any atom is 0.155 e. The molecule has 1 aromatic carbocycles. The first-order valence-corrected chi connectivity index (χ1v) is 4.56. The van der Waals surface area contributed by atoms with Gasteiger partial charge in [0.05, 0.1) is 15.1 Å². The van der Waals surface area contributed by atoms with E-state index in [1.165, 1.54) is 0 Å². The smallest absolute Gasteiger partial charge is 0.155 e. The van der Waals surface area contributed by atoms with Crippen LogP contribution in [-0.4, -0.2) is 5.11 Å². The van der Waals surface area contributed by atoms with Gasteiger partial charge < -0.3 is 5.11 Å². The summed E-state index contributed by atoms with van der Waals surface area (Å²) in [6, 6.07) is 0. The molecule has 0 radical (unpaired) electrons. The largest absolute Gasteiger partial charge is 0.505 e. The van der Waals surface area contributed by atoms with Crippen LogP contribution in [0.2, 0.25) is 25.1 Å². The zero-order valence-corrected chi connectivity index (χ0v) is 10.6. The molecular weight excluding hydrogens is 321 g/mol. The van der Waals surface area contributed by atoms with Crippen molar-refractivity contribution in [2.24, 2.45) is 0 Å². The third-order valence-corrected chi connectivity index (χ3v) is 3.44. The molecule has 0 saturated carbocycles. The van der Waals surface area contributed by atoms with E-state index >= 15 is 0 Å². The summed E-state index contributed by atoms with van der Waals surface area (Å²) in [5.74, 6) is -0.363. The normalized spacial score (nSPS) is 9.62. The molecule has 0 bridgehead atoms. The maximum absolute atomic E-state index is 9.20. The van der Waals surface area contributed by atoms with Gasteiger partial charge in [0.2, 0.25) is 0 Å². The van der Waals surface area contributed by atoms with Gasteiger partial charge in [0.15, 0.2) is 5.75 Å². The molecule has 0 spiro atoms. The molecule has 1 rings (SSSR count). The van der Waals surface area contributed by atoms with E-state index in [0.717, 1.165) is 0 Å². The van der Waals surface area contributed by atoms with E-state index in [4.69, 9.17) is 58.0 Å². The second-order valence-electron chi connectivity index (χ2n) is 1.92. The van der Waals surface area contributed by atoms with Crippen LogP contribution in [0.4, 0.5) is 0 Å². The Bertz CT molecular complexity index is 235. The quantitative estimate of drug-likeness (QED) is 0.418. The van der Waals surface area contributed by atoms with Gasteiger partial charge in [-0.15, -0.1) is 0 Å². The molecule has 0 fully saturated rings. The number of aromatic hydroxyl groups is 1. The van der Waals surface area contributed by atoms with Crippen LogP contribution < -0.4 is 0 Å². The molecule has 0 heterocycles. The van der Waals surface area contributed by atoms with Crippen molar-refractivity contribution in [1.82, 2.24) is 0 Å². The van der Waals surface area contributed by atoms with E-state index in [2.05, 4.69) is 0 Å². The van der Waals surface area contributed by atoms with Crippen molar-refractivity contribution in [2.45, 2.75) is 0 Å². The molecule has 1 N–H and O–H groups in total. The summed E-state index contributed by atoms with van der Waals surface area (Å²) in [5.41, 5.74) is 0. The molecule has 0 aliphatic heterocycles.